The van der Waals surface area contributed by atoms with Crippen LogP contribution in [-0.4, -0.2) is 51.5 Å². The summed E-state index contributed by atoms with van der Waals surface area (Å²) in [5, 5.41) is 3.76. The van der Waals surface area contributed by atoms with Crippen LogP contribution in [0.25, 0.3) is 10.3 Å². The van der Waals surface area contributed by atoms with Crippen LogP contribution in [0.2, 0.25) is 0 Å². The number of benzene rings is 1. The highest BCUT2D eigenvalue weighted by Crippen LogP contribution is 2.32. The molecule has 31 heavy (non-hydrogen) atoms. The molecule has 5 rings (SSSR count). The average molecular weight is 439 g/mol. The van der Waals surface area contributed by atoms with E-state index in [1.54, 1.807) is 4.57 Å². The van der Waals surface area contributed by atoms with Gasteiger partial charge in [-0.25, -0.2) is 9.97 Å². The van der Waals surface area contributed by atoms with Crippen molar-refractivity contribution >= 4 is 32.7 Å². The molecule has 2 atom stereocenters. The number of rotatable bonds is 4. The lowest BCUT2D eigenvalue weighted by Crippen LogP contribution is -2.43. The quantitative estimate of drug-likeness (QED) is 0.672. The Morgan fingerprint density at radius 3 is 2.87 bits per heavy atom. The Labute approximate surface area is 184 Å². The molecule has 1 fully saturated rings. The van der Waals surface area contributed by atoms with Crippen LogP contribution in [0.3, 0.4) is 0 Å². The summed E-state index contributed by atoms with van der Waals surface area (Å²) >= 11 is 1.41. The summed E-state index contributed by atoms with van der Waals surface area (Å²) in [5.41, 5.74) is 1.41. The van der Waals surface area contributed by atoms with Gasteiger partial charge in [0.2, 0.25) is 5.91 Å². The van der Waals surface area contributed by atoms with Gasteiger partial charge < -0.3 is 10.2 Å². The van der Waals surface area contributed by atoms with Crippen molar-refractivity contribution in [2.75, 3.05) is 25.0 Å². The van der Waals surface area contributed by atoms with E-state index < -0.39 is 0 Å². The van der Waals surface area contributed by atoms with E-state index in [-0.39, 0.29) is 23.6 Å². The molecule has 1 amide bonds. The summed E-state index contributed by atoms with van der Waals surface area (Å²) in [6.45, 7) is 4.76. The van der Waals surface area contributed by atoms with Gasteiger partial charge in [0.25, 0.3) is 5.56 Å². The molecule has 0 radical (unpaired) electrons. The van der Waals surface area contributed by atoms with Crippen LogP contribution in [0.4, 0.5) is 5.13 Å². The summed E-state index contributed by atoms with van der Waals surface area (Å²) < 4.78 is 1.78. The van der Waals surface area contributed by atoms with E-state index in [4.69, 9.17) is 4.98 Å². The maximum absolute atomic E-state index is 13.1. The number of fused-ring (bicyclic) bond motifs is 2. The van der Waals surface area contributed by atoms with Gasteiger partial charge in [-0.3, -0.25) is 19.1 Å². The third kappa shape index (κ3) is 3.72. The van der Waals surface area contributed by atoms with Crippen LogP contribution in [0.1, 0.15) is 37.2 Å². The molecule has 8 nitrogen and oxygen atoms in total. The topological polar surface area (TPSA) is 83.4 Å². The Bertz CT molecular complexity index is 1170. The second-order valence-corrected chi connectivity index (χ2v) is 9.41. The Kier molecular flexibility index (Phi) is 5.23. The Morgan fingerprint density at radius 2 is 2.06 bits per heavy atom. The number of carbonyl (C=O) groups is 1. The van der Waals surface area contributed by atoms with Gasteiger partial charge in [-0.05, 0) is 32.4 Å². The predicted octanol–water partition coefficient (Wildman–Crippen LogP) is 2.14. The Hall–Kier alpha value is -2.78. The molecule has 0 bridgehead atoms. The summed E-state index contributed by atoms with van der Waals surface area (Å²) in [7, 11) is 2.04. The molecule has 1 aromatic carbocycles. The van der Waals surface area contributed by atoms with Gasteiger partial charge in [0, 0.05) is 25.7 Å². The van der Waals surface area contributed by atoms with Crippen molar-refractivity contribution in [3.05, 3.63) is 52.1 Å². The van der Waals surface area contributed by atoms with Gasteiger partial charge >= 0.3 is 0 Å². The lowest BCUT2D eigenvalue weighted by Gasteiger charge is -2.30. The number of thiazole rings is 1. The molecule has 162 valence electrons. The molecule has 1 N–H and O–H groups in total. The van der Waals surface area contributed by atoms with E-state index in [2.05, 4.69) is 15.2 Å². The first kappa shape index (κ1) is 20.1. The molecule has 0 saturated carbocycles. The highest BCUT2D eigenvalue weighted by atomic mass is 32.1. The molecule has 2 aromatic heterocycles. The summed E-state index contributed by atoms with van der Waals surface area (Å²) in [6, 6.07) is 9.68. The summed E-state index contributed by atoms with van der Waals surface area (Å²) in [5.74, 6) is 0.785. The Balaban J connectivity index is 1.41. The SMILES string of the molecule is C[C@@H]1CN(C)Cc2nc3sc(N4CCCC4C(=O)NCc4ccccc4)nc3c(=O)n21. The molecular formula is C22H26N6O2S. The number of hydrogen-bond acceptors (Lipinski definition) is 7. The number of likely N-dealkylation sites (N-methyl/N-ethyl adjacent to an activating group) is 1. The van der Waals surface area contributed by atoms with Crippen molar-refractivity contribution in [3.8, 4) is 0 Å². The van der Waals surface area contributed by atoms with E-state index in [1.165, 1.54) is 11.3 Å². The fourth-order valence-electron chi connectivity index (χ4n) is 4.62. The van der Waals surface area contributed by atoms with E-state index in [0.717, 1.165) is 37.3 Å². The zero-order valence-corrected chi connectivity index (χ0v) is 18.6. The van der Waals surface area contributed by atoms with E-state index in [1.807, 2.05) is 49.2 Å². The molecule has 0 spiro atoms. The van der Waals surface area contributed by atoms with Gasteiger partial charge in [-0.15, -0.1) is 0 Å². The lowest BCUT2D eigenvalue weighted by molar-refractivity contribution is -0.122. The van der Waals surface area contributed by atoms with Gasteiger partial charge in [0.1, 0.15) is 11.9 Å². The maximum atomic E-state index is 13.1. The third-order valence-corrected chi connectivity index (χ3v) is 7.05. The molecular weight excluding hydrogens is 412 g/mol. The molecule has 3 aromatic rings. The molecule has 1 unspecified atom stereocenters. The molecule has 9 heteroatoms. The number of aromatic nitrogens is 3. The molecule has 0 aliphatic carbocycles. The molecule has 4 heterocycles. The van der Waals surface area contributed by atoms with Gasteiger partial charge in [-0.2, -0.15) is 0 Å². The second-order valence-electron chi connectivity index (χ2n) is 8.45. The predicted molar refractivity (Wildman–Crippen MR) is 121 cm³/mol. The summed E-state index contributed by atoms with van der Waals surface area (Å²) in [6.07, 6.45) is 1.70. The fourth-order valence-corrected chi connectivity index (χ4v) is 5.64. The van der Waals surface area contributed by atoms with Gasteiger partial charge in [0.15, 0.2) is 15.5 Å². The van der Waals surface area contributed by atoms with Crippen LogP contribution in [0.5, 0.6) is 0 Å². The first-order valence-corrected chi connectivity index (χ1v) is 11.5. The number of nitrogens with one attached hydrogen (secondary N) is 1. The first-order valence-electron chi connectivity index (χ1n) is 10.7. The highest BCUT2D eigenvalue weighted by Gasteiger charge is 2.33. The summed E-state index contributed by atoms with van der Waals surface area (Å²) in [4.78, 5) is 40.3. The molecule has 2 aliphatic rings. The standard InChI is InChI=1S/C22H26N6O2S/c1-14-12-26(2)13-17-24-20-18(21(30)28(14)17)25-22(31-20)27-10-6-9-16(27)19(29)23-11-15-7-4-3-5-8-15/h3-5,7-8,14,16H,6,9-13H2,1-2H3,(H,23,29)/t14-,16?/m1/s1. The minimum absolute atomic E-state index is 0.000156. The number of amides is 1. The smallest absolute Gasteiger partial charge is 0.281 e. The zero-order chi connectivity index (χ0) is 21.5. The van der Waals surface area contributed by atoms with Crippen LogP contribution in [-0.2, 0) is 17.9 Å². The maximum Gasteiger partial charge on any atom is 0.281 e. The number of carbonyl (C=O) groups excluding carboxylic acids is 1. The third-order valence-electron chi connectivity index (χ3n) is 6.07. The van der Waals surface area contributed by atoms with Crippen LogP contribution >= 0.6 is 11.3 Å². The van der Waals surface area contributed by atoms with E-state index in [9.17, 15) is 9.59 Å². The van der Waals surface area contributed by atoms with Crippen LogP contribution in [0.15, 0.2) is 35.1 Å². The van der Waals surface area contributed by atoms with Crippen molar-refractivity contribution in [1.29, 1.82) is 0 Å². The minimum Gasteiger partial charge on any atom is -0.350 e. The lowest BCUT2D eigenvalue weighted by atomic mass is 10.2. The highest BCUT2D eigenvalue weighted by molar-refractivity contribution is 7.21. The van der Waals surface area contributed by atoms with Crippen molar-refractivity contribution in [2.24, 2.45) is 0 Å². The molecule has 2 aliphatic heterocycles. The second kappa shape index (κ2) is 8.05. The van der Waals surface area contributed by atoms with Gasteiger partial charge in [0.05, 0.1) is 6.54 Å². The van der Waals surface area contributed by atoms with Crippen molar-refractivity contribution in [2.45, 2.75) is 44.9 Å². The monoisotopic (exact) mass is 438 g/mol. The minimum atomic E-state index is -0.272. The fraction of sp³-hybridized carbons (Fsp3) is 0.455. The average Bonchev–Trinajstić information content (AvgIpc) is 3.39. The molecule has 1 saturated heterocycles. The van der Waals surface area contributed by atoms with Crippen LogP contribution < -0.4 is 15.8 Å². The number of anilines is 1. The normalized spacial score (nSPS) is 21.4. The van der Waals surface area contributed by atoms with Crippen molar-refractivity contribution < 1.29 is 4.79 Å². The Morgan fingerprint density at radius 1 is 1.26 bits per heavy atom. The van der Waals surface area contributed by atoms with Gasteiger partial charge in [-0.1, -0.05) is 41.7 Å². The first-order chi connectivity index (χ1) is 15.0. The van der Waals surface area contributed by atoms with Crippen LogP contribution in [0, 0.1) is 0 Å². The van der Waals surface area contributed by atoms with Crippen molar-refractivity contribution in [3.63, 3.8) is 0 Å². The number of nitrogens with zero attached hydrogens (tertiary/aromatic N) is 5. The largest absolute Gasteiger partial charge is 0.350 e. The van der Waals surface area contributed by atoms with Crippen molar-refractivity contribution in [1.82, 2.24) is 24.8 Å². The van der Waals surface area contributed by atoms with E-state index in [0.29, 0.717) is 28.6 Å². The number of hydrogen-bond donors (Lipinski definition) is 1. The van der Waals surface area contributed by atoms with E-state index >= 15 is 0 Å². The zero-order valence-electron chi connectivity index (χ0n) is 17.7.